The van der Waals surface area contributed by atoms with E-state index in [1.54, 1.807) is 5.01 Å². The first-order valence-electron chi connectivity index (χ1n) is 10.4. The second-order valence-corrected chi connectivity index (χ2v) is 8.42. The number of rotatable bonds is 10. The van der Waals surface area contributed by atoms with Crippen LogP contribution in [-0.4, -0.2) is 61.0 Å². The summed E-state index contributed by atoms with van der Waals surface area (Å²) in [6.07, 6.45) is 0.760. The summed E-state index contributed by atoms with van der Waals surface area (Å²) in [6, 6.07) is 8.26. The molecule has 180 valence electrons. The Hall–Kier alpha value is -2.17. The van der Waals surface area contributed by atoms with Crippen LogP contribution >= 0.6 is 23.2 Å². The Bertz CT molecular complexity index is 946. The number of ether oxygens (including phenoxy) is 2. The Balaban J connectivity index is 1.29. The molecule has 33 heavy (non-hydrogen) atoms. The van der Waals surface area contributed by atoms with Gasteiger partial charge in [-0.3, -0.25) is 10.2 Å². The van der Waals surface area contributed by atoms with Gasteiger partial charge in [0.25, 0.3) is 5.91 Å². The monoisotopic (exact) mass is 503 g/mol. The highest BCUT2D eigenvalue weighted by Gasteiger charge is 2.21. The van der Waals surface area contributed by atoms with E-state index in [0.717, 1.165) is 18.9 Å². The highest BCUT2D eigenvalue weighted by molar-refractivity contribution is 6.31. The lowest BCUT2D eigenvalue weighted by Gasteiger charge is -2.32. The number of benzene rings is 2. The minimum Gasteiger partial charge on any atom is -0.491 e. The second kappa shape index (κ2) is 12.3. The molecule has 1 aliphatic rings. The average molecular weight is 504 g/mol. The van der Waals surface area contributed by atoms with Gasteiger partial charge in [-0.25, -0.2) is 13.8 Å². The maximum atomic E-state index is 13.4. The van der Waals surface area contributed by atoms with E-state index in [2.05, 4.69) is 10.7 Å². The Morgan fingerprint density at radius 2 is 1.64 bits per heavy atom. The number of aliphatic hydroxyl groups excluding tert-OH is 1. The molecule has 1 amide bonds. The van der Waals surface area contributed by atoms with E-state index < -0.39 is 17.7 Å². The molecule has 1 aliphatic heterocycles. The third-order valence-electron chi connectivity index (χ3n) is 5.01. The van der Waals surface area contributed by atoms with Gasteiger partial charge in [-0.15, -0.1) is 0 Å². The zero-order chi connectivity index (χ0) is 23.8. The minimum absolute atomic E-state index is 0.0107. The predicted octanol–water partition coefficient (Wildman–Crippen LogP) is 3.18. The fourth-order valence-electron chi connectivity index (χ4n) is 3.24. The molecule has 1 fully saturated rings. The molecule has 7 nitrogen and oxygen atoms in total. The van der Waals surface area contributed by atoms with Crippen LogP contribution < -0.4 is 20.2 Å². The zero-order valence-corrected chi connectivity index (χ0v) is 19.2. The SMILES string of the molecule is O=C(COc1ccc(Cl)c(F)c1)NN1CCC(NC[C@H](O)COc2ccc(Cl)c(F)c2)CC1. The van der Waals surface area contributed by atoms with Gasteiger partial charge in [0, 0.05) is 37.8 Å². The van der Waals surface area contributed by atoms with Crippen molar-refractivity contribution in [3.05, 3.63) is 58.1 Å². The molecule has 0 spiro atoms. The van der Waals surface area contributed by atoms with Gasteiger partial charge in [-0.05, 0) is 37.1 Å². The summed E-state index contributed by atoms with van der Waals surface area (Å²) < 4.78 is 37.5. The lowest BCUT2D eigenvalue weighted by molar-refractivity contribution is -0.128. The van der Waals surface area contributed by atoms with Crippen LogP contribution in [0.4, 0.5) is 8.78 Å². The molecule has 1 atom stereocenters. The number of hydrazine groups is 1. The van der Waals surface area contributed by atoms with E-state index >= 15 is 0 Å². The van der Waals surface area contributed by atoms with Gasteiger partial charge >= 0.3 is 0 Å². The summed E-state index contributed by atoms with van der Waals surface area (Å²) in [5.41, 5.74) is 2.76. The van der Waals surface area contributed by atoms with Crippen molar-refractivity contribution in [3.8, 4) is 11.5 Å². The van der Waals surface area contributed by atoms with Crippen LogP contribution in [0.3, 0.4) is 0 Å². The van der Waals surface area contributed by atoms with E-state index in [1.807, 2.05) is 0 Å². The molecule has 0 radical (unpaired) electrons. The third kappa shape index (κ3) is 8.28. The number of amides is 1. The van der Waals surface area contributed by atoms with E-state index in [1.165, 1.54) is 30.3 Å². The first-order valence-corrected chi connectivity index (χ1v) is 11.2. The molecule has 3 N–H and O–H groups in total. The number of carbonyl (C=O) groups excluding carboxylic acids is 1. The predicted molar refractivity (Wildman–Crippen MR) is 121 cm³/mol. The van der Waals surface area contributed by atoms with Gasteiger partial charge in [0.1, 0.15) is 35.8 Å². The molecule has 1 saturated heterocycles. The largest absolute Gasteiger partial charge is 0.491 e. The van der Waals surface area contributed by atoms with Crippen molar-refractivity contribution in [2.45, 2.75) is 25.0 Å². The summed E-state index contributed by atoms with van der Waals surface area (Å²) in [7, 11) is 0. The smallest absolute Gasteiger partial charge is 0.272 e. The first kappa shape index (κ1) is 25.5. The normalized spacial score (nSPS) is 15.8. The van der Waals surface area contributed by atoms with Crippen molar-refractivity contribution in [1.82, 2.24) is 15.8 Å². The number of carbonyl (C=O) groups is 1. The van der Waals surface area contributed by atoms with Crippen LogP contribution in [0, 0.1) is 11.6 Å². The van der Waals surface area contributed by atoms with Gasteiger partial charge in [0.2, 0.25) is 0 Å². The summed E-state index contributed by atoms with van der Waals surface area (Å²) in [5, 5.41) is 15.2. The Morgan fingerprint density at radius 1 is 1.06 bits per heavy atom. The maximum Gasteiger partial charge on any atom is 0.272 e. The topological polar surface area (TPSA) is 83.1 Å². The highest BCUT2D eigenvalue weighted by Crippen LogP contribution is 2.21. The molecule has 0 aliphatic carbocycles. The average Bonchev–Trinajstić information content (AvgIpc) is 2.80. The third-order valence-corrected chi connectivity index (χ3v) is 5.63. The van der Waals surface area contributed by atoms with Crippen LogP contribution in [0.25, 0.3) is 0 Å². The fourth-order valence-corrected chi connectivity index (χ4v) is 3.48. The van der Waals surface area contributed by atoms with E-state index in [4.69, 9.17) is 32.7 Å². The van der Waals surface area contributed by atoms with Crippen molar-refractivity contribution in [3.63, 3.8) is 0 Å². The number of nitrogens with one attached hydrogen (secondary N) is 2. The maximum absolute atomic E-state index is 13.4. The molecular formula is C22H25Cl2F2N3O4. The van der Waals surface area contributed by atoms with Gasteiger partial charge < -0.3 is 19.9 Å². The summed E-state index contributed by atoms with van der Waals surface area (Å²) in [6.45, 7) is 1.33. The van der Waals surface area contributed by atoms with Crippen LogP contribution in [-0.2, 0) is 4.79 Å². The Morgan fingerprint density at radius 3 is 2.21 bits per heavy atom. The van der Waals surface area contributed by atoms with Gasteiger partial charge in [-0.1, -0.05) is 23.2 Å². The quantitative estimate of drug-likeness (QED) is 0.461. The zero-order valence-electron chi connectivity index (χ0n) is 17.7. The van der Waals surface area contributed by atoms with E-state index in [9.17, 15) is 18.7 Å². The molecule has 11 heteroatoms. The van der Waals surface area contributed by atoms with E-state index in [0.29, 0.717) is 25.4 Å². The Kier molecular flexibility index (Phi) is 9.52. The molecule has 3 rings (SSSR count). The fraction of sp³-hybridized carbons (Fsp3) is 0.409. The number of piperidine rings is 1. The van der Waals surface area contributed by atoms with Crippen LogP contribution in [0.1, 0.15) is 12.8 Å². The standard InChI is InChI=1S/C22H25Cl2F2N3O4/c23-18-3-1-16(9-20(18)25)32-12-15(30)11-27-14-5-7-29(8-6-14)28-22(31)13-33-17-2-4-19(24)21(26)10-17/h1-4,9-10,14-15,27,30H,5-8,11-13H2,(H,28,31)/t15-/m0/s1. The number of hydrogen-bond donors (Lipinski definition) is 3. The van der Waals surface area contributed by atoms with Gasteiger partial charge in [0.15, 0.2) is 6.61 Å². The van der Waals surface area contributed by atoms with Gasteiger partial charge in [-0.2, -0.15) is 0 Å². The van der Waals surface area contributed by atoms with Crippen LogP contribution in [0.2, 0.25) is 10.0 Å². The molecule has 2 aromatic carbocycles. The molecule has 0 bridgehead atoms. The van der Waals surface area contributed by atoms with Gasteiger partial charge in [0.05, 0.1) is 10.0 Å². The second-order valence-electron chi connectivity index (χ2n) is 7.61. The van der Waals surface area contributed by atoms with E-state index in [-0.39, 0.29) is 41.0 Å². The summed E-state index contributed by atoms with van der Waals surface area (Å²) >= 11 is 11.2. The van der Waals surface area contributed by atoms with Crippen molar-refractivity contribution >= 4 is 29.1 Å². The molecular weight excluding hydrogens is 479 g/mol. The van der Waals surface area contributed by atoms with Crippen molar-refractivity contribution in [2.75, 3.05) is 32.8 Å². The number of hydrogen-bond acceptors (Lipinski definition) is 6. The molecule has 1 heterocycles. The lowest BCUT2D eigenvalue weighted by atomic mass is 10.1. The molecule has 0 aromatic heterocycles. The molecule has 2 aromatic rings. The number of nitrogens with zero attached hydrogens (tertiary/aromatic N) is 1. The van der Waals surface area contributed by atoms with Crippen LogP contribution in [0.15, 0.2) is 36.4 Å². The molecule has 0 unspecified atom stereocenters. The highest BCUT2D eigenvalue weighted by atomic mass is 35.5. The van der Waals surface area contributed by atoms with Crippen molar-refractivity contribution in [1.29, 1.82) is 0 Å². The summed E-state index contributed by atoms with van der Waals surface area (Å²) in [4.78, 5) is 12.1. The Labute approximate surface area is 200 Å². The van der Waals surface area contributed by atoms with Crippen LogP contribution in [0.5, 0.6) is 11.5 Å². The van der Waals surface area contributed by atoms with Crippen molar-refractivity contribution in [2.24, 2.45) is 0 Å². The number of halogens is 4. The first-order chi connectivity index (χ1) is 15.8. The lowest BCUT2D eigenvalue weighted by Crippen LogP contribution is -2.52. The van der Waals surface area contributed by atoms with Crippen molar-refractivity contribution < 1.29 is 28.2 Å². The minimum atomic E-state index is -0.767. The summed E-state index contributed by atoms with van der Waals surface area (Å²) in [5.74, 6) is -1.02. The number of aliphatic hydroxyl groups is 1. The molecule has 0 saturated carbocycles.